The molecule has 0 unspecified atom stereocenters. The predicted molar refractivity (Wildman–Crippen MR) is 43.9 cm³/mol. The summed E-state index contributed by atoms with van der Waals surface area (Å²) in [6, 6.07) is 2.02. The molecule has 0 fully saturated rings. The van der Waals surface area contributed by atoms with Gasteiger partial charge in [0, 0.05) is 18.3 Å². The Morgan fingerprint density at radius 1 is 1.45 bits per heavy atom. The van der Waals surface area contributed by atoms with Crippen LogP contribution in [0.4, 0.5) is 0 Å². The molecule has 0 spiro atoms. The molecule has 0 N–H and O–H groups in total. The van der Waals surface area contributed by atoms with Crippen molar-refractivity contribution in [3.05, 3.63) is 0 Å². The number of nitrogens with zero attached hydrogens (tertiary/aromatic N) is 1. The molecule has 0 aromatic heterocycles. The van der Waals surface area contributed by atoms with E-state index in [4.69, 9.17) is 5.26 Å². The van der Waals surface area contributed by atoms with Gasteiger partial charge in [-0.1, -0.05) is 20.8 Å². The largest absolute Gasteiger partial charge is 0.299 e. The first-order chi connectivity index (χ1) is 4.98. The average molecular weight is 153 g/mol. The number of hydrogen-bond donors (Lipinski definition) is 0. The molecule has 0 radical (unpaired) electrons. The van der Waals surface area contributed by atoms with Gasteiger partial charge in [0.2, 0.25) is 0 Å². The maximum absolute atomic E-state index is 11.2. The van der Waals surface area contributed by atoms with Crippen LogP contribution in [0.15, 0.2) is 0 Å². The zero-order valence-electron chi connectivity index (χ0n) is 7.48. The number of nitriles is 1. The van der Waals surface area contributed by atoms with Gasteiger partial charge in [0.15, 0.2) is 0 Å². The number of ketones is 1. The third kappa shape index (κ3) is 4.55. The van der Waals surface area contributed by atoms with Gasteiger partial charge in [0.25, 0.3) is 0 Å². The lowest BCUT2D eigenvalue weighted by atomic mass is 9.88. The third-order valence-electron chi connectivity index (χ3n) is 1.53. The van der Waals surface area contributed by atoms with Crippen molar-refractivity contribution in [1.29, 1.82) is 5.26 Å². The van der Waals surface area contributed by atoms with Gasteiger partial charge in [-0.2, -0.15) is 5.26 Å². The molecule has 0 saturated carbocycles. The fourth-order valence-electron chi connectivity index (χ4n) is 0.703. The summed E-state index contributed by atoms with van der Waals surface area (Å²) in [7, 11) is 0. The van der Waals surface area contributed by atoms with Crippen molar-refractivity contribution >= 4 is 5.78 Å². The van der Waals surface area contributed by atoms with E-state index < -0.39 is 0 Å². The molecule has 0 atom stereocenters. The Hall–Kier alpha value is -0.840. The van der Waals surface area contributed by atoms with Crippen LogP contribution in [-0.4, -0.2) is 5.78 Å². The minimum Gasteiger partial charge on any atom is -0.299 e. The Morgan fingerprint density at radius 2 is 2.00 bits per heavy atom. The van der Waals surface area contributed by atoms with Gasteiger partial charge in [-0.25, -0.2) is 0 Å². The van der Waals surface area contributed by atoms with Gasteiger partial charge in [-0.15, -0.1) is 0 Å². The topological polar surface area (TPSA) is 40.9 Å². The van der Waals surface area contributed by atoms with Crippen molar-refractivity contribution in [1.82, 2.24) is 0 Å². The summed E-state index contributed by atoms with van der Waals surface area (Å²) < 4.78 is 0. The minimum absolute atomic E-state index is 0.241. The summed E-state index contributed by atoms with van der Waals surface area (Å²) >= 11 is 0. The first-order valence-electron chi connectivity index (χ1n) is 3.88. The molecule has 62 valence electrons. The van der Waals surface area contributed by atoms with Crippen molar-refractivity contribution < 1.29 is 4.79 Å². The summed E-state index contributed by atoms with van der Waals surface area (Å²) in [5.41, 5.74) is -0.241. The molecule has 0 bridgehead atoms. The molecule has 0 aliphatic heterocycles. The van der Waals surface area contributed by atoms with Crippen LogP contribution in [-0.2, 0) is 4.79 Å². The standard InChI is InChI=1S/C9H15NO/c1-9(2,3)8(11)6-4-5-7-10/h4-6H2,1-3H3. The molecule has 0 aromatic rings. The zero-order valence-corrected chi connectivity index (χ0v) is 7.48. The van der Waals surface area contributed by atoms with E-state index in [1.807, 2.05) is 26.8 Å². The highest BCUT2D eigenvalue weighted by molar-refractivity contribution is 5.83. The van der Waals surface area contributed by atoms with Crippen molar-refractivity contribution in [3.8, 4) is 6.07 Å². The highest BCUT2D eigenvalue weighted by Crippen LogP contribution is 2.17. The molecule has 0 aliphatic rings. The normalized spacial score (nSPS) is 10.7. The third-order valence-corrected chi connectivity index (χ3v) is 1.53. The number of carbonyl (C=O) groups excluding carboxylic acids is 1. The fraction of sp³-hybridized carbons (Fsp3) is 0.778. The fourth-order valence-corrected chi connectivity index (χ4v) is 0.703. The second kappa shape index (κ2) is 4.12. The molecule has 0 aliphatic carbocycles. The molecule has 11 heavy (non-hydrogen) atoms. The lowest BCUT2D eigenvalue weighted by Gasteiger charge is -2.15. The van der Waals surface area contributed by atoms with Crippen molar-refractivity contribution in [2.24, 2.45) is 5.41 Å². The van der Waals surface area contributed by atoms with E-state index in [2.05, 4.69) is 0 Å². The van der Waals surface area contributed by atoms with Crippen molar-refractivity contribution in [2.75, 3.05) is 0 Å². The maximum Gasteiger partial charge on any atom is 0.138 e. The summed E-state index contributed by atoms with van der Waals surface area (Å²) in [5.74, 6) is 0.243. The molecule has 2 nitrogen and oxygen atoms in total. The Labute approximate surface area is 68.2 Å². The number of carbonyl (C=O) groups is 1. The quantitative estimate of drug-likeness (QED) is 0.584. The first-order valence-corrected chi connectivity index (χ1v) is 3.88. The van der Waals surface area contributed by atoms with Crippen molar-refractivity contribution in [2.45, 2.75) is 40.0 Å². The molecule has 0 rings (SSSR count). The first kappa shape index (κ1) is 10.2. The van der Waals surface area contributed by atoms with Gasteiger partial charge < -0.3 is 0 Å². The van der Waals surface area contributed by atoms with Gasteiger partial charge in [-0.05, 0) is 6.42 Å². The number of hydrogen-bond acceptors (Lipinski definition) is 2. The summed E-state index contributed by atoms with van der Waals surface area (Å²) in [5, 5.41) is 8.22. The molecular formula is C9H15NO. The molecule has 0 amide bonds. The summed E-state index contributed by atoms with van der Waals surface area (Å²) in [4.78, 5) is 11.2. The molecule has 0 saturated heterocycles. The zero-order chi connectivity index (χ0) is 8.91. The second-order valence-electron chi connectivity index (χ2n) is 3.68. The molecule has 0 aromatic carbocycles. The lowest BCUT2D eigenvalue weighted by molar-refractivity contribution is -0.126. The van der Waals surface area contributed by atoms with E-state index in [1.54, 1.807) is 0 Å². The van der Waals surface area contributed by atoms with Crippen LogP contribution >= 0.6 is 0 Å². The maximum atomic E-state index is 11.2. The highest BCUT2D eigenvalue weighted by atomic mass is 16.1. The van der Waals surface area contributed by atoms with Crippen LogP contribution in [0, 0.1) is 16.7 Å². The van der Waals surface area contributed by atoms with Crippen LogP contribution in [0.5, 0.6) is 0 Å². The predicted octanol–water partition coefficient (Wildman–Crippen LogP) is 2.30. The van der Waals surface area contributed by atoms with E-state index in [0.29, 0.717) is 19.3 Å². The van der Waals surface area contributed by atoms with Crippen LogP contribution in [0.2, 0.25) is 0 Å². The van der Waals surface area contributed by atoms with Gasteiger partial charge in [0.05, 0.1) is 6.07 Å². The number of rotatable bonds is 3. The highest BCUT2D eigenvalue weighted by Gasteiger charge is 2.19. The smallest absolute Gasteiger partial charge is 0.138 e. The molecular weight excluding hydrogens is 138 g/mol. The average Bonchev–Trinajstić information content (AvgIpc) is 1.86. The van der Waals surface area contributed by atoms with Gasteiger partial charge in [0.1, 0.15) is 5.78 Å². The Morgan fingerprint density at radius 3 is 2.36 bits per heavy atom. The van der Waals surface area contributed by atoms with E-state index in [9.17, 15) is 4.79 Å². The summed E-state index contributed by atoms with van der Waals surface area (Å²) in [6.07, 6.45) is 1.73. The number of Topliss-reactive ketones (excluding diaryl/α,β-unsaturated/α-hetero) is 1. The Balaban J connectivity index is 3.64. The Bertz CT molecular complexity index is 171. The van der Waals surface area contributed by atoms with Crippen LogP contribution < -0.4 is 0 Å². The molecule has 2 heteroatoms. The molecule has 0 heterocycles. The van der Waals surface area contributed by atoms with Crippen LogP contribution in [0.25, 0.3) is 0 Å². The van der Waals surface area contributed by atoms with Crippen LogP contribution in [0.3, 0.4) is 0 Å². The van der Waals surface area contributed by atoms with E-state index in [-0.39, 0.29) is 11.2 Å². The summed E-state index contributed by atoms with van der Waals surface area (Å²) in [6.45, 7) is 5.71. The van der Waals surface area contributed by atoms with E-state index in [1.165, 1.54) is 0 Å². The number of unbranched alkanes of at least 4 members (excludes halogenated alkanes) is 1. The van der Waals surface area contributed by atoms with Gasteiger partial charge in [-0.3, -0.25) is 4.79 Å². The van der Waals surface area contributed by atoms with Crippen LogP contribution in [0.1, 0.15) is 40.0 Å². The van der Waals surface area contributed by atoms with Gasteiger partial charge >= 0.3 is 0 Å². The SMILES string of the molecule is CC(C)(C)C(=O)CCCC#N. The van der Waals surface area contributed by atoms with Crippen molar-refractivity contribution in [3.63, 3.8) is 0 Å². The van der Waals surface area contributed by atoms with E-state index >= 15 is 0 Å². The second-order valence-corrected chi connectivity index (χ2v) is 3.68. The minimum atomic E-state index is -0.241. The monoisotopic (exact) mass is 153 g/mol. The lowest BCUT2D eigenvalue weighted by Crippen LogP contribution is -2.19. The Kier molecular flexibility index (Phi) is 3.81. The van der Waals surface area contributed by atoms with E-state index in [0.717, 1.165) is 0 Å².